The maximum absolute atomic E-state index is 12.9. The van der Waals surface area contributed by atoms with Gasteiger partial charge in [-0.15, -0.1) is 0 Å². The number of nitro benzene ring substituents is 2. The monoisotopic (exact) mass is 554 g/mol. The molecule has 0 radical (unpaired) electrons. The predicted octanol–water partition coefficient (Wildman–Crippen LogP) is 5.62. The standard InChI is InChI=1S/C24H15ClN4O8S/c25-15-5-3-6-16(11-15)26-22(30)13-27-23(31)21(38-24(27)32)10-14-4-1-2-7-19(14)37-20-9-8-17(28(33)34)12-18(20)29(35)36/h1-12H,13H2,(H,26,30)/b21-10+. The van der Waals surface area contributed by atoms with Crippen LogP contribution in [-0.2, 0) is 9.59 Å². The van der Waals surface area contributed by atoms with E-state index in [4.69, 9.17) is 16.3 Å². The molecule has 0 aromatic heterocycles. The maximum atomic E-state index is 12.9. The van der Waals surface area contributed by atoms with Crippen molar-refractivity contribution in [1.29, 1.82) is 0 Å². The lowest BCUT2D eigenvalue weighted by molar-refractivity contribution is -0.394. The lowest BCUT2D eigenvalue weighted by Gasteiger charge is -2.12. The van der Waals surface area contributed by atoms with Crippen molar-refractivity contribution in [2.24, 2.45) is 0 Å². The van der Waals surface area contributed by atoms with Crippen LogP contribution in [0.2, 0.25) is 5.02 Å². The van der Waals surface area contributed by atoms with E-state index < -0.39 is 44.8 Å². The molecule has 192 valence electrons. The van der Waals surface area contributed by atoms with Gasteiger partial charge >= 0.3 is 5.69 Å². The molecule has 3 aromatic rings. The molecule has 1 fully saturated rings. The van der Waals surface area contributed by atoms with Gasteiger partial charge in [-0.05, 0) is 48.2 Å². The number of nitrogens with one attached hydrogen (secondary N) is 1. The Morgan fingerprint density at radius 1 is 1.00 bits per heavy atom. The zero-order valence-electron chi connectivity index (χ0n) is 19.0. The summed E-state index contributed by atoms with van der Waals surface area (Å²) in [7, 11) is 0. The number of halogens is 1. The number of para-hydroxylation sites is 1. The van der Waals surface area contributed by atoms with Crippen LogP contribution >= 0.6 is 23.4 Å². The highest BCUT2D eigenvalue weighted by Gasteiger charge is 2.36. The number of benzene rings is 3. The Bertz CT molecular complexity index is 1530. The van der Waals surface area contributed by atoms with Crippen LogP contribution in [0.25, 0.3) is 6.08 Å². The lowest BCUT2D eigenvalue weighted by Crippen LogP contribution is -2.36. The second-order valence-corrected chi connectivity index (χ2v) is 9.06. The molecule has 38 heavy (non-hydrogen) atoms. The Morgan fingerprint density at radius 3 is 2.47 bits per heavy atom. The third kappa shape index (κ3) is 5.96. The summed E-state index contributed by atoms with van der Waals surface area (Å²) >= 11 is 6.51. The summed E-state index contributed by atoms with van der Waals surface area (Å²) in [5, 5.41) is 24.7. The first-order valence-electron chi connectivity index (χ1n) is 10.6. The van der Waals surface area contributed by atoms with Crippen LogP contribution in [0.4, 0.5) is 21.9 Å². The maximum Gasteiger partial charge on any atom is 0.318 e. The Labute approximate surface area is 223 Å². The van der Waals surface area contributed by atoms with Crippen LogP contribution in [0.5, 0.6) is 11.5 Å². The molecule has 12 nitrogen and oxygen atoms in total. The van der Waals surface area contributed by atoms with Gasteiger partial charge < -0.3 is 10.1 Å². The van der Waals surface area contributed by atoms with Crippen molar-refractivity contribution in [3.63, 3.8) is 0 Å². The number of anilines is 1. The molecule has 1 N–H and O–H groups in total. The topological polar surface area (TPSA) is 162 Å². The molecule has 1 aliphatic rings. The van der Waals surface area contributed by atoms with E-state index in [1.54, 1.807) is 36.4 Å². The quantitative estimate of drug-likeness (QED) is 0.211. The van der Waals surface area contributed by atoms with Crippen LogP contribution < -0.4 is 10.1 Å². The molecular weight excluding hydrogens is 540 g/mol. The van der Waals surface area contributed by atoms with Gasteiger partial charge in [0.1, 0.15) is 12.3 Å². The summed E-state index contributed by atoms with van der Waals surface area (Å²) in [4.78, 5) is 59.4. The highest BCUT2D eigenvalue weighted by molar-refractivity contribution is 8.18. The lowest BCUT2D eigenvalue weighted by atomic mass is 10.1. The first-order chi connectivity index (χ1) is 18.1. The fourth-order valence-electron chi connectivity index (χ4n) is 3.35. The van der Waals surface area contributed by atoms with E-state index in [2.05, 4.69) is 5.32 Å². The number of non-ortho nitro benzene ring substituents is 1. The molecule has 1 saturated heterocycles. The van der Waals surface area contributed by atoms with E-state index in [1.807, 2.05) is 0 Å². The molecule has 0 aliphatic carbocycles. The molecule has 0 saturated carbocycles. The molecular formula is C24H15ClN4O8S. The zero-order chi connectivity index (χ0) is 27.4. The average molecular weight is 555 g/mol. The van der Waals surface area contributed by atoms with Crippen molar-refractivity contribution in [2.45, 2.75) is 0 Å². The van der Waals surface area contributed by atoms with Crippen LogP contribution in [0.1, 0.15) is 5.56 Å². The van der Waals surface area contributed by atoms with E-state index in [0.29, 0.717) is 28.0 Å². The van der Waals surface area contributed by atoms with E-state index in [0.717, 1.165) is 23.1 Å². The van der Waals surface area contributed by atoms with Gasteiger partial charge in [0.15, 0.2) is 0 Å². The molecule has 4 rings (SSSR count). The Kier molecular flexibility index (Phi) is 7.69. The number of thioether (sulfide) groups is 1. The Morgan fingerprint density at radius 2 is 1.76 bits per heavy atom. The summed E-state index contributed by atoms with van der Waals surface area (Å²) in [6, 6.07) is 15.5. The summed E-state index contributed by atoms with van der Waals surface area (Å²) in [6.45, 7) is -0.526. The number of imide groups is 1. The van der Waals surface area contributed by atoms with Crippen molar-refractivity contribution in [3.8, 4) is 11.5 Å². The molecule has 0 spiro atoms. The smallest absolute Gasteiger partial charge is 0.318 e. The Balaban J connectivity index is 1.54. The van der Waals surface area contributed by atoms with Gasteiger partial charge in [0, 0.05) is 22.3 Å². The number of nitrogens with zero attached hydrogens (tertiary/aromatic N) is 3. The molecule has 14 heteroatoms. The molecule has 0 unspecified atom stereocenters. The molecule has 1 heterocycles. The van der Waals surface area contributed by atoms with Gasteiger partial charge in [0.2, 0.25) is 11.7 Å². The van der Waals surface area contributed by atoms with Crippen molar-refractivity contribution >= 4 is 63.6 Å². The number of hydrogen-bond donors (Lipinski definition) is 1. The number of nitro groups is 2. The van der Waals surface area contributed by atoms with Crippen LogP contribution in [0, 0.1) is 20.2 Å². The number of hydrogen-bond acceptors (Lipinski definition) is 9. The highest BCUT2D eigenvalue weighted by Crippen LogP contribution is 2.38. The average Bonchev–Trinajstić information content (AvgIpc) is 3.12. The fraction of sp³-hybridized carbons (Fsp3) is 0.0417. The second-order valence-electron chi connectivity index (χ2n) is 7.63. The van der Waals surface area contributed by atoms with E-state index in [9.17, 15) is 34.6 Å². The summed E-state index contributed by atoms with van der Waals surface area (Å²) in [5.41, 5.74) is -0.407. The van der Waals surface area contributed by atoms with Crippen LogP contribution in [0.3, 0.4) is 0 Å². The first-order valence-corrected chi connectivity index (χ1v) is 11.8. The first kappa shape index (κ1) is 26.3. The normalized spacial score (nSPS) is 14.0. The highest BCUT2D eigenvalue weighted by atomic mass is 35.5. The number of carbonyl (C=O) groups is 3. The number of ether oxygens (including phenoxy) is 1. The summed E-state index contributed by atoms with van der Waals surface area (Å²) < 4.78 is 5.67. The number of amides is 3. The van der Waals surface area contributed by atoms with Gasteiger partial charge in [-0.3, -0.25) is 39.5 Å². The predicted molar refractivity (Wildman–Crippen MR) is 139 cm³/mol. The molecule has 0 atom stereocenters. The molecule has 1 aliphatic heterocycles. The summed E-state index contributed by atoms with van der Waals surface area (Å²) in [5.74, 6) is -1.48. The molecule has 0 bridgehead atoms. The van der Waals surface area contributed by atoms with Gasteiger partial charge in [-0.25, -0.2) is 0 Å². The second kappa shape index (κ2) is 11.1. The van der Waals surface area contributed by atoms with Crippen LogP contribution in [-0.4, -0.2) is 38.3 Å². The van der Waals surface area contributed by atoms with Crippen molar-refractivity contribution in [3.05, 3.63) is 102 Å². The minimum Gasteiger partial charge on any atom is -0.449 e. The van der Waals surface area contributed by atoms with E-state index in [-0.39, 0.29) is 16.4 Å². The molecule has 3 amide bonds. The third-order valence-electron chi connectivity index (χ3n) is 5.06. The number of carbonyl (C=O) groups excluding carboxylic acids is 3. The van der Waals surface area contributed by atoms with Crippen molar-refractivity contribution < 1.29 is 29.0 Å². The number of rotatable bonds is 8. The van der Waals surface area contributed by atoms with E-state index >= 15 is 0 Å². The van der Waals surface area contributed by atoms with Gasteiger partial charge in [0.05, 0.1) is 20.8 Å². The Hall–Kier alpha value is -4.75. The van der Waals surface area contributed by atoms with Crippen molar-refractivity contribution in [1.82, 2.24) is 4.90 Å². The minimum absolute atomic E-state index is 0.000181. The van der Waals surface area contributed by atoms with E-state index in [1.165, 1.54) is 18.2 Å². The van der Waals surface area contributed by atoms with Crippen LogP contribution in [0.15, 0.2) is 71.6 Å². The SMILES string of the molecule is O=C(CN1C(=O)S/C(=C/c2ccccc2Oc2ccc([N+](=O)[O-])cc2[N+](=O)[O-])C1=O)Nc1cccc(Cl)c1. The fourth-order valence-corrected chi connectivity index (χ4v) is 4.37. The third-order valence-corrected chi connectivity index (χ3v) is 6.20. The zero-order valence-corrected chi connectivity index (χ0v) is 20.6. The minimum atomic E-state index is -0.815. The largest absolute Gasteiger partial charge is 0.449 e. The summed E-state index contributed by atoms with van der Waals surface area (Å²) in [6.07, 6.45) is 1.35. The van der Waals surface area contributed by atoms with Crippen molar-refractivity contribution in [2.75, 3.05) is 11.9 Å². The van der Waals surface area contributed by atoms with Gasteiger partial charge in [-0.1, -0.05) is 35.9 Å². The van der Waals surface area contributed by atoms with Gasteiger partial charge in [0.25, 0.3) is 16.8 Å². The van der Waals surface area contributed by atoms with Gasteiger partial charge in [-0.2, -0.15) is 0 Å². The molecule has 3 aromatic carbocycles.